The maximum atomic E-state index is 12.2. The summed E-state index contributed by atoms with van der Waals surface area (Å²) >= 11 is 8.02. The first kappa shape index (κ1) is 22.3. The molecule has 1 N–H and O–H groups in total. The summed E-state index contributed by atoms with van der Waals surface area (Å²) in [5, 5.41) is 1.57. The van der Waals surface area contributed by atoms with Crippen molar-refractivity contribution in [3.8, 4) is 0 Å². The zero-order chi connectivity index (χ0) is 19.8. The lowest BCUT2D eigenvalue weighted by atomic mass is 10.1. The molecule has 0 atom stereocenters. The van der Waals surface area contributed by atoms with Crippen molar-refractivity contribution >= 4 is 34.3 Å². The maximum Gasteiger partial charge on any atom is 0.345 e. The van der Waals surface area contributed by atoms with Gasteiger partial charge >= 0.3 is 13.2 Å². The molecule has 0 aliphatic rings. The van der Waals surface area contributed by atoms with Crippen LogP contribution in [0.25, 0.3) is 10.9 Å². The van der Waals surface area contributed by atoms with E-state index >= 15 is 0 Å². The largest absolute Gasteiger partial charge is 0.361 e. The van der Waals surface area contributed by atoms with Gasteiger partial charge in [0.2, 0.25) is 0 Å². The van der Waals surface area contributed by atoms with Gasteiger partial charge in [0.05, 0.1) is 18.2 Å². The van der Waals surface area contributed by atoms with Gasteiger partial charge < -0.3 is 14.5 Å². The number of hydrogen-bond acceptors (Lipinski definition) is 4. The van der Waals surface area contributed by atoms with Crippen LogP contribution >= 0.6 is 23.4 Å². The minimum atomic E-state index is -2.86. The molecule has 0 aliphatic heterocycles. The number of ether oxygens (including phenoxy) is 2. The summed E-state index contributed by atoms with van der Waals surface area (Å²) in [6.45, 7) is -5.28. The summed E-state index contributed by atoms with van der Waals surface area (Å²) < 4.78 is 57.2. The van der Waals surface area contributed by atoms with Crippen LogP contribution in [0.1, 0.15) is 5.56 Å². The van der Waals surface area contributed by atoms with Gasteiger partial charge in [-0.1, -0.05) is 11.6 Å². The summed E-state index contributed by atoms with van der Waals surface area (Å²) in [5.41, 5.74) is 1.88. The van der Waals surface area contributed by atoms with Gasteiger partial charge in [0, 0.05) is 41.6 Å². The zero-order valence-electron chi connectivity index (χ0n) is 14.7. The summed E-state index contributed by atoms with van der Waals surface area (Å²) in [7, 11) is 0. The molecule has 152 valence electrons. The van der Waals surface area contributed by atoms with Gasteiger partial charge in [-0.25, -0.2) is 0 Å². The lowest BCUT2D eigenvalue weighted by Crippen LogP contribution is -2.33. The van der Waals surface area contributed by atoms with Crippen molar-refractivity contribution in [3.63, 3.8) is 0 Å². The second kappa shape index (κ2) is 11.1. The molecule has 1 aromatic carbocycles. The fourth-order valence-corrected chi connectivity index (χ4v) is 3.74. The fraction of sp³-hybridized carbons (Fsp3) is 0.529. The predicted molar refractivity (Wildman–Crippen MR) is 99.1 cm³/mol. The average Bonchev–Trinajstić information content (AvgIpc) is 3.03. The molecule has 1 aromatic heterocycles. The highest BCUT2D eigenvalue weighted by molar-refractivity contribution is 7.98. The highest BCUT2D eigenvalue weighted by Gasteiger charge is 2.14. The quantitative estimate of drug-likeness (QED) is 0.387. The van der Waals surface area contributed by atoms with E-state index < -0.39 is 13.2 Å². The first-order chi connectivity index (χ1) is 12.9. The minimum absolute atomic E-state index is 0.184. The van der Waals surface area contributed by atoms with Crippen molar-refractivity contribution in [2.45, 2.75) is 24.5 Å². The first-order valence-electron chi connectivity index (χ1n) is 8.26. The molecule has 2 rings (SSSR count). The van der Waals surface area contributed by atoms with Gasteiger partial charge in [0.25, 0.3) is 0 Å². The van der Waals surface area contributed by atoms with Crippen LogP contribution in [0.4, 0.5) is 17.6 Å². The van der Waals surface area contributed by atoms with Crippen LogP contribution in [0.2, 0.25) is 5.02 Å². The van der Waals surface area contributed by atoms with Crippen LogP contribution in [0.15, 0.2) is 23.2 Å². The lowest BCUT2D eigenvalue weighted by molar-refractivity contribution is -0.139. The average molecular weight is 429 g/mol. The molecule has 2 aromatic rings. The van der Waals surface area contributed by atoms with Crippen LogP contribution in [0.3, 0.4) is 0 Å². The molecule has 0 radical (unpaired) electrons. The third-order valence-electron chi connectivity index (χ3n) is 4.05. The lowest BCUT2D eigenvalue weighted by Gasteiger charge is -2.22. The number of halogens is 5. The Morgan fingerprint density at radius 3 is 2.26 bits per heavy atom. The number of H-pyrrole nitrogens is 1. The molecule has 10 heteroatoms. The van der Waals surface area contributed by atoms with Crippen molar-refractivity contribution in [1.82, 2.24) is 9.88 Å². The fourth-order valence-electron chi connectivity index (χ4n) is 2.74. The van der Waals surface area contributed by atoms with Crippen LogP contribution < -0.4 is 0 Å². The predicted octanol–water partition coefficient (Wildman–Crippen LogP) is 4.87. The number of benzene rings is 1. The maximum absolute atomic E-state index is 12.2. The number of nitrogens with one attached hydrogen (secondary N) is 1. The van der Waals surface area contributed by atoms with Gasteiger partial charge in [-0.05, 0) is 30.4 Å². The number of alkyl halides is 4. The smallest absolute Gasteiger partial charge is 0.345 e. The Morgan fingerprint density at radius 1 is 1.07 bits per heavy atom. The molecular formula is C17H21ClF4N2O2S. The molecule has 0 saturated carbocycles. The third kappa shape index (κ3) is 6.83. The van der Waals surface area contributed by atoms with Crippen LogP contribution in [-0.4, -0.2) is 62.2 Å². The number of fused-ring (bicyclic) bond motifs is 1. The Labute approximate surface area is 164 Å². The molecule has 27 heavy (non-hydrogen) atoms. The topological polar surface area (TPSA) is 37.5 Å². The molecule has 0 aliphatic carbocycles. The van der Waals surface area contributed by atoms with Crippen molar-refractivity contribution in [2.75, 3.05) is 39.1 Å². The van der Waals surface area contributed by atoms with E-state index in [2.05, 4.69) is 14.5 Å². The second-order valence-corrected chi connectivity index (χ2v) is 6.90. The number of nitrogens with zero attached hydrogens (tertiary/aromatic N) is 1. The standard InChI is InChI=1S/C17H21ClF4N2O2S/c1-27-13-3-2-12-14(15(13)18)11(10-23-12)4-5-24(6-8-25-16(19)20)7-9-26-17(21)22/h2-3,10,16-17,23H,4-9H2,1H3. The molecule has 4 nitrogen and oxygen atoms in total. The summed E-state index contributed by atoms with van der Waals surface area (Å²) in [5.74, 6) is 0. The number of aromatic nitrogens is 1. The van der Waals surface area contributed by atoms with E-state index in [1.54, 1.807) is 16.7 Å². The number of aromatic amines is 1. The van der Waals surface area contributed by atoms with Crippen LogP contribution in [0.5, 0.6) is 0 Å². The second-order valence-electron chi connectivity index (χ2n) is 5.67. The van der Waals surface area contributed by atoms with Gasteiger partial charge in [-0.3, -0.25) is 4.90 Å². The first-order valence-corrected chi connectivity index (χ1v) is 9.87. The highest BCUT2D eigenvalue weighted by Crippen LogP contribution is 2.34. The summed E-state index contributed by atoms with van der Waals surface area (Å²) in [4.78, 5) is 5.86. The molecule has 0 bridgehead atoms. The normalized spacial score (nSPS) is 12.2. The van der Waals surface area contributed by atoms with Crippen molar-refractivity contribution in [3.05, 3.63) is 28.9 Å². The van der Waals surface area contributed by atoms with E-state index in [9.17, 15) is 17.6 Å². The minimum Gasteiger partial charge on any atom is -0.361 e. The number of rotatable bonds is 12. The highest BCUT2D eigenvalue weighted by atomic mass is 35.5. The Morgan fingerprint density at radius 2 is 1.70 bits per heavy atom. The van der Waals surface area contributed by atoms with Gasteiger partial charge in [0.1, 0.15) is 0 Å². The summed E-state index contributed by atoms with van der Waals surface area (Å²) in [6, 6.07) is 3.88. The van der Waals surface area contributed by atoms with Crippen LogP contribution in [0, 0.1) is 0 Å². The van der Waals surface area contributed by atoms with E-state index in [1.807, 2.05) is 24.6 Å². The van der Waals surface area contributed by atoms with E-state index in [0.29, 0.717) is 18.0 Å². The number of thioether (sulfide) groups is 1. The zero-order valence-corrected chi connectivity index (χ0v) is 16.3. The molecule has 0 spiro atoms. The van der Waals surface area contributed by atoms with Crippen molar-refractivity contribution < 1.29 is 27.0 Å². The molecular weight excluding hydrogens is 408 g/mol. The molecule has 0 fully saturated rings. The van der Waals surface area contributed by atoms with E-state index in [4.69, 9.17) is 11.6 Å². The molecule has 0 amide bonds. The number of hydrogen-bond donors (Lipinski definition) is 1. The Kier molecular flexibility index (Phi) is 9.17. The van der Waals surface area contributed by atoms with Gasteiger partial charge in [-0.15, -0.1) is 11.8 Å². The molecule has 0 saturated heterocycles. The molecule has 1 heterocycles. The van der Waals surface area contributed by atoms with Crippen molar-refractivity contribution in [1.29, 1.82) is 0 Å². The van der Waals surface area contributed by atoms with Crippen LogP contribution in [-0.2, 0) is 15.9 Å². The molecule has 0 unspecified atom stereocenters. The Bertz CT molecular complexity index is 704. The SMILES string of the molecule is CSc1ccc2[nH]cc(CCN(CCOC(F)F)CCOC(F)F)c2c1Cl. The Balaban J connectivity index is 2.02. The summed E-state index contributed by atoms with van der Waals surface area (Å²) in [6.07, 6.45) is 4.36. The van der Waals surface area contributed by atoms with Gasteiger partial charge in [0.15, 0.2) is 0 Å². The monoisotopic (exact) mass is 428 g/mol. The Hall–Kier alpha value is -1.00. The van der Waals surface area contributed by atoms with E-state index in [0.717, 1.165) is 21.4 Å². The van der Waals surface area contributed by atoms with Gasteiger partial charge in [-0.2, -0.15) is 17.6 Å². The van der Waals surface area contributed by atoms with E-state index in [-0.39, 0.29) is 26.3 Å². The van der Waals surface area contributed by atoms with E-state index in [1.165, 1.54) is 0 Å². The van der Waals surface area contributed by atoms with Crippen molar-refractivity contribution in [2.24, 2.45) is 0 Å². The third-order valence-corrected chi connectivity index (χ3v) is 5.33.